The van der Waals surface area contributed by atoms with Crippen LogP contribution in [0.25, 0.3) is 0 Å². The molecule has 0 unspecified atom stereocenters. The average Bonchev–Trinajstić information content (AvgIpc) is 2.16. The van der Waals surface area contributed by atoms with Crippen molar-refractivity contribution in [3.63, 3.8) is 0 Å². The Morgan fingerprint density at radius 1 is 1.64 bits per heavy atom. The third-order valence-corrected chi connectivity index (χ3v) is 2.21. The summed E-state index contributed by atoms with van der Waals surface area (Å²) in [6.45, 7) is 1.46. The molecule has 1 rings (SSSR count). The molecule has 2 nitrogen and oxygen atoms in total. The summed E-state index contributed by atoms with van der Waals surface area (Å²) in [4.78, 5) is 14.2. The number of carbonyl (C=O) groups excluding carboxylic acids is 1. The lowest BCUT2D eigenvalue weighted by Crippen LogP contribution is -2.03. The lowest BCUT2D eigenvalue weighted by atomic mass is 10.0. The molecule has 5 heteroatoms. The summed E-state index contributed by atoms with van der Waals surface area (Å²) in [5.41, 5.74) is 0.274. The first kappa shape index (κ1) is 11.0. The van der Waals surface area contributed by atoms with Crippen molar-refractivity contribution >= 4 is 17.9 Å². The summed E-state index contributed by atoms with van der Waals surface area (Å²) in [6, 6.07) is 0. The van der Waals surface area contributed by atoms with Crippen molar-refractivity contribution in [2.24, 2.45) is 0 Å². The van der Waals surface area contributed by atoms with E-state index in [-0.39, 0.29) is 28.3 Å². The van der Waals surface area contributed by atoms with Gasteiger partial charge in [-0.05, 0) is 12.5 Å². The minimum Gasteiger partial charge on any atom is -0.298 e. The molecule has 0 spiro atoms. The fraction of sp³-hybridized carbons (Fsp3) is 0.333. The first-order valence-corrected chi connectivity index (χ1v) is 4.43. The lowest BCUT2D eigenvalue weighted by molar-refractivity contribution is 0.112. The molecule has 0 N–H and O–H groups in total. The maximum absolute atomic E-state index is 12.6. The molecule has 0 fully saturated rings. The second-order valence-electron chi connectivity index (χ2n) is 2.74. The number of aromatic nitrogens is 1. The summed E-state index contributed by atoms with van der Waals surface area (Å²) in [5, 5.41) is 0. The van der Waals surface area contributed by atoms with E-state index in [0.29, 0.717) is 6.29 Å². The van der Waals surface area contributed by atoms with Gasteiger partial charge in [0, 0.05) is 28.9 Å². The fourth-order valence-corrected chi connectivity index (χ4v) is 1.53. The predicted octanol–water partition coefficient (Wildman–Crippen LogP) is 2.88. The molecule has 1 aromatic heterocycles. The number of aryl methyl sites for hydroxylation is 1. The zero-order chi connectivity index (χ0) is 10.7. The van der Waals surface area contributed by atoms with E-state index in [9.17, 15) is 13.6 Å². The highest BCUT2D eigenvalue weighted by Crippen LogP contribution is 2.28. The standard InChI is InChI=1S/C9H8ClF2NO/c1-5-8(9(11)12)7(2-10)6(4-14)3-13-5/h3-4,9H,2H2,1H3. The van der Waals surface area contributed by atoms with Crippen molar-refractivity contribution in [1.29, 1.82) is 0 Å². The van der Waals surface area contributed by atoms with E-state index in [1.165, 1.54) is 13.1 Å². The third kappa shape index (κ3) is 1.90. The Balaban J connectivity index is 3.42. The van der Waals surface area contributed by atoms with Crippen LogP contribution < -0.4 is 0 Å². The highest BCUT2D eigenvalue weighted by atomic mass is 35.5. The van der Waals surface area contributed by atoms with E-state index in [1.54, 1.807) is 0 Å². The number of hydrogen-bond donors (Lipinski definition) is 0. The Morgan fingerprint density at radius 2 is 2.29 bits per heavy atom. The maximum atomic E-state index is 12.6. The number of nitrogens with zero attached hydrogens (tertiary/aromatic N) is 1. The van der Waals surface area contributed by atoms with Crippen molar-refractivity contribution in [1.82, 2.24) is 4.98 Å². The van der Waals surface area contributed by atoms with Gasteiger partial charge in [-0.3, -0.25) is 9.78 Å². The van der Waals surface area contributed by atoms with Gasteiger partial charge >= 0.3 is 0 Å². The molecule has 1 aromatic rings. The quantitative estimate of drug-likeness (QED) is 0.578. The van der Waals surface area contributed by atoms with E-state index in [1.807, 2.05) is 0 Å². The number of alkyl halides is 3. The zero-order valence-corrected chi connectivity index (χ0v) is 8.18. The van der Waals surface area contributed by atoms with Gasteiger partial charge in [0.25, 0.3) is 6.43 Å². The van der Waals surface area contributed by atoms with Gasteiger partial charge in [-0.2, -0.15) is 0 Å². The molecule has 0 aliphatic carbocycles. The SMILES string of the molecule is Cc1ncc(C=O)c(CCl)c1C(F)F. The minimum absolute atomic E-state index is 0.114. The topological polar surface area (TPSA) is 30.0 Å². The van der Waals surface area contributed by atoms with Crippen molar-refractivity contribution < 1.29 is 13.6 Å². The number of pyridine rings is 1. The Morgan fingerprint density at radius 3 is 2.71 bits per heavy atom. The molecule has 0 saturated heterocycles. The Kier molecular flexibility index (Phi) is 3.52. The summed E-state index contributed by atoms with van der Waals surface area (Å²) in [7, 11) is 0. The van der Waals surface area contributed by atoms with Crippen molar-refractivity contribution in [3.8, 4) is 0 Å². The first-order valence-electron chi connectivity index (χ1n) is 3.89. The van der Waals surface area contributed by atoms with E-state index >= 15 is 0 Å². The van der Waals surface area contributed by atoms with Crippen LogP contribution in [-0.2, 0) is 5.88 Å². The molecular weight excluding hydrogens is 212 g/mol. The molecule has 1 heterocycles. The monoisotopic (exact) mass is 219 g/mol. The normalized spacial score (nSPS) is 10.6. The molecular formula is C9H8ClF2NO. The molecule has 0 radical (unpaired) electrons. The number of hydrogen-bond acceptors (Lipinski definition) is 2. The van der Waals surface area contributed by atoms with Crippen molar-refractivity contribution in [2.45, 2.75) is 19.2 Å². The molecule has 0 bridgehead atoms. The van der Waals surface area contributed by atoms with Crippen LogP contribution in [-0.4, -0.2) is 11.3 Å². The van der Waals surface area contributed by atoms with Crippen LogP contribution in [0.1, 0.15) is 33.6 Å². The van der Waals surface area contributed by atoms with E-state index in [4.69, 9.17) is 11.6 Å². The molecule has 0 aliphatic rings. The number of aldehydes is 1. The predicted molar refractivity (Wildman–Crippen MR) is 48.9 cm³/mol. The Bertz CT molecular complexity index is 355. The number of rotatable bonds is 3. The van der Waals surface area contributed by atoms with E-state index in [0.717, 1.165) is 0 Å². The van der Waals surface area contributed by atoms with Gasteiger partial charge in [0.2, 0.25) is 0 Å². The number of halogens is 3. The maximum Gasteiger partial charge on any atom is 0.265 e. The fourth-order valence-electron chi connectivity index (χ4n) is 1.23. The highest BCUT2D eigenvalue weighted by molar-refractivity contribution is 6.17. The second kappa shape index (κ2) is 4.46. The van der Waals surface area contributed by atoms with Gasteiger partial charge in [-0.15, -0.1) is 11.6 Å². The van der Waals surface area contributed by atoms with Crippen LogP contribution >= 0.6 is 11.6 Å². The first-order chi connectivity index (χ1) is 6.61. The Labute approximate surface area is 84.9 Å². The molecule has 76 valence electrons. The largest absolute Gasteiger partial charge is 0.298 e. The molecule has 14 heavy (non-hydrogen) atoms. The van der Waals surface area contributed by atoms with Gasteiger partial charge in [-0.25, -0.2) is 8.78 Å². The van der Waals surface area contributed by atoms with Gasteiger partial charge in [0.05, 0.1) is 0 Å². The Hall–Kier alpha value is -1.03. The van der Waals surface area contributed by atoms with Crippen LogP contribution in [0, 0.1) is 6.92 Å². The van der Waals surface area contributed by atoms with E-state index < -0.39 is 6.43 Å². The van der Waals surface area contributed by atoms with Crippen LogP contribution in [0.15, 0.2) is 6.20 Å². The summed E-state index contributed by atoms with van der Waals surface area (Å²) < 4.78 is 25.2. The smallest absolute Gasteiger partial charge is 0.265 e. The van der Waals surface area contributed by atoms with Gasteiger partial charge in [0.1, 0.15) is 0 Å². The second-order valence-corrected chi connectivity index (χ2v) is 3.01. The van der Waals surface area contributed by atoms with Gasteiger partial charge < -0.3 is 0 Å². The summed E-state index contributed by atoms with van der Waals surface area (Å²) >= 11 is 5.51. The van der Waals surface area contributed by atoms with Crippen molar-refractivity contribution in [2.75, 3.05) is 0 Å². The minimum atomic E-state index is -2.66. The summed E-state index contributed by atoms with van der Waals surface area (Å²) in [5.74, 6) is -0.114. The van der Waals surface area contributed by atoms with Crippen LogP contribution in [0.4, 0.5) is 8.78 Å². The van der Waals surface area contributed by atoms with Crippen LogP contribution in [0.2, 0.25) is 0 Å². The molecule has 0 aliphatic heterocycles. The molecule has 0 saturated carbocycles. The van der Waals surface area contributed by atoms with E-state index in [2.05, 4.69) is 4.98 Å². The molecule has 0 aromatic carbocycles. The van der Waals surface area contributed by atoms with Gasteiger partial charge in [-0.1, -0.05) is 0 Å². The summed E-state index contributed by atoms with van der Waals surface area (Å²) in [6.07, 6.45) is -0.918. The lowest BCUT2D eigenvalue weighted by Gasteiger charge is -2.10. The molecule has 0 amide bonds. The average molecular weight is 220 g/mol. The molecule has 0 atom stereocenters. The third-order valence-electron chi connectivity index (χ3n) is 1.94. The van der Waals surface area contributed by atoms with Gasteiger partial charge in [0.15, 0.2) is 6.29 Å². The highest BCUT2D eigenvalue weighted by Gasteiger charge is 2.19. The number of carbonyl (C=O) groups is 1. The zero-order valence-electron chi connectivity index (χ0n) is 7.43. The van der Waals surface area contributed by atoms with Crippen LogP contribution in [0.3, 0.4) is 0 Å². The van der Waals surface area contributed by atoms with Crippen LogP contribution in [0.5, 0.6) is 0 Å². The van der Waals surface area contributed by atoms with Crippen molar-refractivity contribution in [3.05, 3.63) is 28.6 Å².